The first-order valence-corrected chi connectivity index (χ1v) is 14.1. The molecule has 0 aliphatic heterocycles. The van der Waals surface area contributed by atoms with Gasteiger partial charge in [-0.3, -0.25) is 19.3 Å². The number of nitrogens with zero attached hydrogens (tertiary/aromatic N) is 1. The van der Waals surface area contributed by atoms with Crippen molar-refractivity contribution in [2.75, 3.05) is 39.4 Å². The van der Waals surface area contributed by atoms with E-state index in [0.29, 0.717) is 39.2 Å². The zero-order valence-corrected chi connectivity index (χ0v) is 22.7. The molecule has 0 unspecified atom stereocenters. The Hall–Kier alpha value is -1.93. The maximum Gasteiger partial charge on any atom is 0.305 e. The maximum absolute atomic E-state index is 12.1. The molecular formula is C28H52N2O6. The van der Waals surface area contributed by atoms with Gasteiger partial charge in [-0.05, 0) is 32.1 Å². The van der Waals surface area contributed by atoms with E-state index in [9.17, 15) is 14.4 Å². The lowest BCUT2D eigenvalue weighted by Crippen LogP contribution is -2.37. The third-order valence-electron chi connectivity index (χ3n) is 6.07. The number of rotatable bonds is 27. The SMILES string of the molecule is CCCCCCCC/C=C\CCCCCCCC(=O)NCCN(CCOCCC(=O)O)CCC(=O)O. The minimum absolute atomic E-state index is 0.0119. The Kier molecular flexibility index (Phi) is 24.7. The monoisotopic (exact) mass is 512 g/mol. The first-order valence-electron chi connectivity index (χ1n) is 14.1. The van der Waals surface area contributed by atoms with Crippen molar-refractivity contribution in [3.8, 4) is 0 Å². The molecule has 0 spiro atoms. The molecule has 0 aliphatic carbocycles. The number of aliphatic carboxylic acids is 2. The number of carbonyl (C=O) groups is 3. The molecule has 0 aliphatic rings. The van der Waals surface area contributed by atoms with Gasteiger partial charge in [-0.2, -0.15) is 0 Å². The summed E-state index contributed by atoms with van der Waals surface area (Å²) in [5.74, 6) is -1.75. The van der Waals surface area contributed by atoms with E-state index in [1.54, 1.807) is 0 Å². The predicted molar refractivity (Wildman–Crippen MR) is 144 cm³/mol. The highest BCUT2D eigenvalue weighted by atomic mass is 16.5. The number of unbranched alkanes of at least 4 members (excludes halogenated alkanes) is 11. The Morgan fingerprint density at radius 1 is 0.694 bits per heavy atom. The molecule has 3 N–H and O–H groups in total. The van der Waals surface area contributed by atoms with Crippen LogP contribution in [0.3, 0.4) is 0 Å². The molecule has 210 valence electrons. The van der Waals surface area contributed by atoms with Crippen LogP contribution in [0.1, 0.15) is 110 Å². The summed E-state index contributed by atoms with van der Waals surface area (Å²) in [6.45, 7) is 4.57. The van der Waals surface area contributed by atoms with Crippen LogP contribution < -0.4 is 5.32 Å². The number of amides is 1. The van der Waals surface area contributed by atoms with Crippen LogP contribution in [0.5, 0.6) is 0 Å². The largest absolute Gasteiger partial charge is 0.481 e. The number of hydrogen-bond acceptors (Lipinski definition) is 5. The minimum atomic E-state index is -0.910. The van der Waals surface area contributed by atoms with E-state index in [4.69, 9.17) is 14.9 Å². The zero-order chi connectivity index (χ0) is 26.7. The Labute approximate surface area is 218 Å². The molecule has 0 bridgehead atoms. The Balaban J connectivity index is 3.69. The minimum Gasteiger partial charge on any atom is -0.481 e. The molecule has 0 rings (SSSR count). The van der Waals surface area contributed by atoms with E-state index >= 15 is 0 Å². The fraction of sp³-hybridized carbons (Fsp3) is 0.821. The highest BCUT2D eigenvalue weighted by Crippen LogP contribution is 2.10. The number of carboxylic acids is 2. The quantitative estimate of drug-likeness (QED) is 0.0995. The molecule has 0 radical (unpaired) electrons. The van der Waals surface area contributed by atoms with Gasteiger partial charge >= 0.3 is 11.9 Å². The Bertz CT molecular complexity index is 582. The maximum atomic E-state index is 12.1. The normalized spacial score (nSPS) is 11.4. The van der Waals surface area contributed by atoms with Gasteiger partial charge in [0.15, 0.2) is 0 Å². The zero-order valence-electron chi connectivity index (χ0n) is 22.7. The molecule has 0 heterocycles. The van der Waals surface area contributed by atoms with Gasteiger partial charge in [0.05, 0.1) is 26.1 Å². The standard InChI is InChI=1S/C28H52N2O6/c1-2-3-4-5-6-7-8-9-10-11-12-13-14-15-16-17-26(31)29-20-22-30(21-18-27(32)33)23-25-36-24-19-28(34)35/h9-10H,2-8,11-25H2,1H3,(H,29,31)(H,32,33)(H,34,35)/b10-9-. The van der Waals surface area contributed by atoms with Crippen molar-refractivity contribution in [3.63, 3.8) is 0 Å². The van der Waals surface area contributed by atoms with Crippen molar-refractivity contribution in [1.82, 2.24) is 10.2 Å². The van der Waals surface area contributed by atoms with Gasteiger partial charge < -0.3 is 20.3 Å². The molecule has 0 aromatic rings. The van der Waals surface area contributed by atoms with E-state index in [1.165, 1.54) is 57.8 Å². The summed E-state index contributed by atoms with van der Waals surface area (Å²) >= 11 is 0. The third kappa shape index (κ3) is 26.7. The molecule has 0 aromatic heterocycles. The van der Waals surface area contributed by atoms with Crippen LogP contribution in [0, 0.1) is 0 Å². The molecule has 0 fully saturated rings. The highest BCUT2D eigenvalue weighted by molar-refractivity contribution is 5.75. The molecule has 0 saturated heterocycles. The summed E-state index contributed by atoms with van der Waals surface area (Å²) in [6, 6.07) is 0. The molecule has 8 nitrogen and oxygen atoms in total. The number of allylic oxidation sites excluding steroid dienone is 2. The number of nitrogens with one attached hydrogen (secondary N) is 1. The van der Waals surface area contributed by atoms with Crippen LogP contribution in [0.4, 0.5) is 0 Å². The summed E-state index contributed by atoms with van der Waals surface area (Å²) in [7, 11) is 0. The summed E-state index contributed by atoms with van der Waals surface area (Å²) < 4.78 is 5.29. The molecular weight excluding hydrogens is 460 g/mol. The van der Waals surface area contributed by atoms with Crippen molar-refractivity contribution in [1.29, 1.82) is 0 Å². The molecule has 0 saturated carbocycles. The predicted octanol–water partition coefficient (Wildman–Crippen LogP) is 5.41. The van der Waals surface area contributed by atoms with E-state index in [0.717, 1.165) is 25.7 Å². The molecule has 8 heteroatoms. The topological polar surface area (TPSA) is 116 Å². The number of carboxylic acid groups (broad SMARTS) is 2. The third-order valence-corrected chi connectivity index (χ3v) is 6.07. The lowest BCUT2D eigenvalue weighted by atomic mass is 10.1. The summed E-state index contributed by atoms with van der Waals surface area (Å²) in [5, 5.41) is 20.4. The molecule has 1 amide bonds. The average Bonchev–Trinajstić information content (AvgIpc) is 2.84. The van der Waals surface area contributed by atoms with Crippen LogP contribution >= 0.6 is 0 Å². The van der Waals surface area contributed by atoms with Gasteiger partial charge in [-0.1, -0.05) is 70.4 Å². The summed E-state index contributed by atoms with van der Waals surface area (Å²) in [6.07, 6.45) is 21.1. The first-order chi connectivity index (χ1) is 17.5. The first kappa shape index (κ1) is 34.1. The summed E-state index contributed by atoms with van der Waals surface area (Å²) in [4.78, 5) is 35.4. The van der Waals surface area contributed by atoms with Crippen molar-refractivity contribution >= 4 is 17.8 Å². The van der Waals surface area contributed by atoms with E-state index in [2.05, 4.69) is 24.4 Å². The fourth-order valence-corrected chi connectivity index (χ4v) is 3.84. The fourth-order valence-electron chi connectivity index (χ4n) is 3.84. The van der Waals surface area contributed by atoms with Crippen molar-refractivity contribution in [2.45, 2.75) is 110 Å². The summed E-state index contributed by atoms with van der Waals surface area (Å²) in [5.41, 5.74) is 0. The Morgan fingerprint density at radius 3 is 1.89 bits per heavy atom. The second-order valence-corrected chi connectivity index (χ2v) is 9.43. The van der Waals surface area contributed by atoms with Gasteiger partial charge in [-0.15, -0.1) is 0 Å². The van der Waals surface area contributed by atoms with Crippen LogP contribution in [0.25, 0.3) is 0 Å². The van der Waals surface area contributed by atoms with Crippen LogP contribution in [-0.4, -0.2) is 72.4 Å². The van der Waals surface area contributed by atoms with Crippen molar-refractivity contribution in [3.05, 3.63) is 12.2 Å². The average molecular weight is 513 g/mol. The molecule has 0 aromatic carbocycles. The molecule has 36 heavy (non-hydrogen) atoms. The van der Waals surface area contributed by atoms with Gasteiger partial charge in [0.1, 0.15) is 0 Å². The number of ether oxygens (including phenoxy) is 1. The van der Waals surface area contributed by atoms with Crippen LogP contribution in [-0.2, 0) is 19.1 Å². The highest BCUT2D eigenvalue weighted by Gasteiger charge is 2.09. The van der Waals surface area contributed by atoms with Crippen LogP contribution in [0.15, 0.2) is 12.2 Å². The van der Waals surface area contributed by atoms with E-state index in [-0.39, 0.29) is 25.4 Å². The second kappa shape index (κ2) is 26.1. The smallest absolute Gasteiger partial charge is 0.305 e. The lowest BCUT2D eigenvalue weighted by Gasteiger charge is -2.21. The number of hydrogen-bond donors (Lipinski definition) is 3. The molecule has 0 atom stereocenters. The van der Waals surface area contributed by atoms with E-state index in [1.807, 2.05) is 4.90 Å². The van der Waals surface area contributed by atoms with Gasteiger partial charge in [0.25, 0.3) is 0 Å². The van der Waals surface area contributed by atoms with E-state index < -0.39 is 11.9 Å². The van der Waals surface area contributed by atoms with Crippen molar-refractivity contribution in [2.24, 2.45) is 0 Å². The number of carbonyl (C=O) groups excluding carboxylic acids is 1. The van der Waals surface area contributed by atoms with Crippen molar-refractivity contribution < 1.29 is 29.3 Å². The van der Waals surface area contributed by atoms with Gasteiger partial charge in [0.2, 0.25) is 5.91 Å². The lowest BCUT2D eigenvalue weighted by molar-refractivity contribution is -0.139. The van der Waals surface area contributed by atoms with Crippen LogP contribution in [0.2, 0.25) is 0 Å². The Morgan fingerprint density at radius 2 is 1.28 bits per heavy atom. The van der Waals surface area contributed by atoms with Gasteiger partial charge in [-0.25, -0.2) is 0 Å². The second-order valence-electron chi connectivity index (χ2n) is 9.43. The van der Waals surface area contributed by atoms with Gasteiger partial charge in [0, 0.05) is 32.6 Å².